The molecule has 3 heterocycles. The van der Waals surface area contributed by atoms with Crippen LogP contribution in [0.15, 0.2) is 48.9 Å². The molecule has 1 fully saturated rings. The van der Waals surface area contributed by atoms with E-state index in [1.807, 2.05) is 57.0 Å². The number of carbonyl (C=O) groups is 1. The third-order valence-corrected chi connectivity index (χ3v) is 5.32. The molecule has 0 N–H and O–H groups in total. The minimum Gasteiger partial charge on any atom is -0.444 e. The molecule has 1 amide bonds. The second-order valence-corrected chi connectivity index (χ2v) is 8.93. The second-order valence-electron chi connectivity index (χ2n) is 8.93. The third-order valence-electron chi connectivity index (χ3n) is 5.32. The summed E-state index contributed by atoms with van der Waals surface area (Å²) in [5.74, 6) is -0.313. The Labute approximate surface area is 187 Å². The maximum absolute atomic E-state index is 15.0. The van der Waals surface area contributed by atoms with E-state index < -0.39 is 5.60 Å². The summed E-state index contributed by atoms with van der Waals surface area (Å²) in [6, 6.07) is 8.94. The molecule has 7 nitrogen and oxygen atoms in total. The van der Waals surface area contributed by atoms with E-state index in [1.54, 1.807) is 28.0 Å². The van der Waals surface area contributed by atoms with Crippen LogP contribution in [0.4, 0.5) is 14.9 Å². The number of carbonyl (C=O) groups excluding carboxylic acids is 1. The zero-order valence-corrected chi connectivity index (χ0v) is 18.9. The SMILES string of the molecule is Cc1cn(-c2ccc(N3CCN(C(=O)OC(C)(C)C)CC3)c(F)c2)nc1-c1ccncc1. The molecule has 1 saturated heterocycles. The highest BCUT2D eigenvalue weighted by atomic mass is 19.1. The van der Waals surface area contributed by atoms with Crippen molar-refractivity contribution in [3.8, 4) is 16.9 Å². The van der Waals surface area contributed by atoms with Crippen LogP contribution in [0.2, 0.25) is 0 Å². The molecule has 0 atom stereocenters. The average molecular weight is 438 g/mol. The lowest BCUT2D eigenvalue weighted by atomic mass is 10.1. The van der Waals surface area contributed by atoms with Crippen LogP contribution in [0.3, 0.4) is 0 Å². The van der Waals surface area contributed by atoms with Gasteiger partial charge in [0.05, 0.1) is 17.1 Å². The maximum atomic E-state index is 15.0. The van der Waals surface area contributed by atoms with Crippen LogP contribution in [0.5, 0.6) is 0 Å². The Morgan fingerprint density at radius 1 is 1.06 bits per heavy atom. The molecule has 168 valence electrons. The molecular weight excluding hydrogens is 409 g/mol. The number of aromatic nitrogens is 3. The molecule has 2 aromatic heterocycles. The molecule has 0 bridgehead atoms. The van der Waals surface area contributed by atoms with Crippen LogP contribution in [-0.2, 0) is 4.74 Å². The fourth-order valence-corrected chi connectivity index (χ4v) is 3.74. The van der Waals surface area contributed by atoms with Crippen molar-refractivity contribution in [2.45, 2.75) is 33.3 Å². The molecule has 0 unspecified atom stereocenters. The highest BCUT2D eigenvalue weighted by molar-refractivity contribution is 5.69. The van der Waals surface area contributed by atoms with E-state index in [2.05, 4.69) is 10.1 Å². The molecule has 0 aliphatic carbocycles. The van der Waals surface area contributed by atoms with Crippen LogP contribution in [0, 0.1) is 12.7 Å². The standard InChI is InChI=1S/C24H28FN5O2/c1-17-16-30(27-22(17)18-7-9-26-10-8-18)19-5-6-21(20(25)15-19)28-11-13-29(14-12-28)23(31)32-24(2,3)4/h5-10,15-16H,11-14H2,1-4H3. The summed E-state index contributed by atoms with van der Waals surface area (Å²) < 4.78 is 22.2. The fourth-order valence-electron chi connectivity index (χ4n) is 3.74. The van der Waals surface area contributed by atoms with Gasteiger partial charge in [0.15, 0.2) is 0 Å². The molecule has 0 saturated carbocycles. The Morgan fingerprint density at radius 2 is 1.75 bits per heavy atom. The monoisotopic (exact) mass is 437 g/mol. The van der Waals surface area contributed by atoms with E-state index in [4.69, 9.17) is 4.74 Å². The number of pyridine rings is 1. The van der Waals surface area contributed by atoms with Gasteiger partial charge in [-0.3, -0.25) is 4.98 Å². The summed E-state index contributed by atoms with van der Waals surface area (Å²) in [5, 5.41) is 4.64. The zero-order chi connectivity index (χ0) is 22.9. The molecule has 0 radical (unpaired) electrons. The first-order valence-electron chi connectivity index (χ1n) is 10.7. The van der Waals surface area contributed by atoms with Gasteiger partial charge in [0.25, 0.3) is 0 Å². The summed E-state index contributed by atoms with van der Waals surface area (Å²) in [6.45, 7) is 9.59. The van der Waals surface area contributed by atoms with E-state index in [0.717, 1.165) is 16.8 Å². The molecule has 3 aromatic rings. The topological polar surface area (TPSA) is 63.5 Å². The molecular formula is C24H28FN5O2. The third kappa shape index (κ3) is 4.74. The first-order valence-corrected chi connectivity index (χ1v) is 10.7. The van der Waals surface area contributed by atoms with Crippen molar-refractivity contribution < 1.29 is 13.9 Å². The Morgan fingerprint density at radius 3 is 2.38 bits per heavy atom. The number of piperazine rings is 1. The van der Waals surface area contributed by atoms with Gasteiger partial charge in [0, 0.05) is 56.4 Å². The van der Waals surface area contributed by atoms with Crippen molar-refractivity contribution in [1.29, 1.82) is 0 Å². The summed E-state index contributed by atoms with van der Waals surface area (Å²) in [5.41, 5.74) is 3.46. The highest BCUT2D eigenvalue weighted by Gasteiger charge is 2.27. The summed E-state index contributed by atoms with van der Waals surface area (Å²) in [4.78, 5) is 19.9. The fraction of sp³-hybridized carbons (Fsp3) is 0.375. The van der Waals surface area contributed by atoms with Gasteiger partial charge in [-0.1, -0.05) is 0 Å². The van der Waals surface area contributed by atoms with E-state index in [1.165, 1.54) is 6.07 Å². The lowest BCUT2D eigenvalue weighted by Crippen LogP contribution is -2.50. The molecule has 1 aliphatic heterocycles. The predicted molar refractivity (Wildman–Crippen MR) is 122 cm³/mol. The number of halogens is 1. The van der Waals surface area contributed by atoms with Crippen molar-refractivity contribution in [2.75, 3.05) is 31.1 Å². The Bertz CT molecular complexity index is 1100. The van der Waals surface area contributed by atoms with Gasteiger partial charge in [0.2, 0.25) is 0 Å². The lowest BCUT2D eigenvalue weighted by Gasteiger charge is -2.36. The van der Waals surface area contributed by atoms with Crippen molar-refractivity contribution >= 4 is 11.8 Å². The Kier molecular flexibility index (Phi) is 5.86. The quantitative estimate of drug-likeness (QED) is 0.606. The number of hydrogen-bond acceptors (Lipinski definition) is 5. The summed E-state index contributed by atoms with van der Waals surface area (Å²) in [7, 11) is 0. The molecule has 4 rings (SSSR count). The maximum Gasteiger partial charge on any atom is 0.410 e. The predicted octanol–water partition coefficient (Wildman–Crippen LogP) is 4.44. The van der Waals surface area contributed by atoms with Gasteiger partial charge in [-0.25, -0.2) is 13.9 Å². The molecule has 32 heavy (non-hydrogen) atoms. The Balaban J connectivity index is 1.46. The van der Waals surface area contributed by atoms with E-state index in [9.17, 15) is 4.79 Å². The van der Waals surface area contributed by atoms with E-state index in [0.29, 0.717) is 37.6 Å². The van der Waals surface area contributed by atoms with Crippen molar-refractivity contribution in [2.24, 2.45) is 0 Å². The number of aryl methyl sites for hydroxylation is 1. The second kappa shape index (κ2) is 8.61. The minimum absolute atomic E-state index is 0.313. The number of nitrogens with zero attached hydrogens (tertiary/aromatic N) is 5. The van der Waals surface area contributed by atoms with Gasteiger partial charge in [0.1, 0.15) is 11.4 Å². The van der Waals surface area contributed by atoms with Crippen LogP contribution < -0.4 is 4.90 Å². The average Bonchev–Trinajstić information content (AvgIpc) is 3.15. The van der Waals surface area contributed by atoms with E-state index in [-0.39, 0.29) is 11.9 Å². The van der Waals surface area contributed by atoms with Crippen molar-refractivity contribution in [1.82, 2.24) is 19.7 Å². The largest absolute Gasteiger partial charge is 0.444 e. The minimum atomic E-state index is -0.529. The normalized spacial score (nSPS) is 14.5. The zero-order valence-electron chi connectivity index (χ0n) is 18.9. The first-order chi connectivity index (χ1) is 15.2. The number of benzene rings is 1. The highest BCUT2D eigenvalue weighted by Crippen LogP contribution is 2.26. The van der Waals surface area contributed by atoms with Crippen LogP contribution in [0.25, 0.3) is 16.9 Å². The molecule has 1 aromatic carbocycles. The summed E-state index contributed by atoms with van der Waals surface area (Å²) in [6.07, 6.45) is 5.02. The van der Waals surface area contributed by atoms with Gasteiger partial charge in [-0.15, -0.1) is 0 Å². The van der Waals surface area contributed by atoms with Gasteiger partial charge >= 0.3 is 6.09 Å². The lowest BCUT2D eigenvalue weighted by molar-refractivity contribution is 0.0240. The van der Waals surface area contributed by atoms with Gasteiger partial charge < -0.3 is 14.5 Å². The van der Waals surface area contributed by atoms with Gasteiger partial charge in [-0.2, -0.15) is 5.10 Å². The van der Waals surface area contributed by atoms with Gasteiger partial charge in [-0.05, 0) is 57.5 Å². The summed E-state index contributed by atoms with van der Waals surface area (Å²) >= 11 is 0. The Hall–Kier alpha value is -3.42. The van der Waals surface area contributed by atoms with E-state index >= 15 is 4.39 Å². The number of ether oxygens (including phenoxy) is 1. The number of amides is 1. The van der Waals surface area contributed by atoms with Crippen LogP contribution >= 0.6 is 0 Å². The number of rotatable bonds is 3. The number of anilines is 1. The molecule has 0 spiro atoms. The smallest absolute Gasteiger partial charge is 0.410 e. The number of hydrogen-bond donors (Lipinski definition) is 0. The van der Waals surface area contributed by atoms with Crippen LogP contribution in [-0.4, -0.2) is 57.5 Å². The molecule has 8 heteroatoms. The molecule has 1 aliphatic rings. The van der Waals surface area contributed by atoms with Crippen molar-refractivity contribution in [3.05, 3.63) is 60.3 Å². The van der Waals surface area contributed by atoms with Crippen molar-refractivity contribution in [3.63, 3.8) is 0 Å². The van der Waals surface area contributed by atoms with Crippen LogP contribution in [0.1, 0.15) is 26.3 Å². The first kappa shape index (κ1) is 21.8.